The molecule has 24 heavy (non-hydrogen) atoms. The number of hydrazone groups is 1. The lowest BCUT2D eigenvalue weighted by Crippen LogP contribution is -2.25. The molecule has 0 atom stereocenters. The van der Waals surface area contributed by atoms with Crippen LogP contribution in [0.2, 0.25) is 0 Å². The summed E-state index contributed by atoms with van der Waals surface area (Å²) in [5.41, 5.74) is 5.22. The van der Waals surface area contributed by atoms with Gasteiger partial charge in [-0.25, -0.2) is 8.78 Å². The van der Waals surface area contributed by atoms with Crippen LogP contribution in [0, 0.1) is 11.6 Å². The number of nitrogens with one attached hydrogen (secondary N) is 1. The second-order valence-corrected chi connectivity index (χ2v) is 6.02. The lowest BCUT2D eigenvalue weighted by atomic mass is 10.1. The fourth-order valence-corrected chi connectivity index (χ4v) is 2.91. The van der Waals surface area contributed by atoms with Crippen LogP contribution in [0.1, 0.15) is 11.1 Å². The van der Waals surface area contributed by atoms with Gasteiger partial charge in [-0.15, -0.1) is 0 Å². The summed E-state index contributed by atoms with van der Waals surface area (Å²) in [4.78, 5) is 4.40. The molecule has 0 saturated carbocycles. The molecule has 0 bridgehead atoms. The van der Waals surface area contributed by atoms with Gasteiger partial charge < -0.3 is 4.74 Å². The second-order valence-electron chi connectivity index (χ2n) is 5.06. The summed E-state index contributed by atoms with van der Waals surface area (Å²) in [5.74, 6) is 0.106. The molecule has 0 saturated heterocycles. The quantitative estimate of drug-likeness (QED) is 0.920. The Labute approximate surface area is 142 Å². The molecule has 0 spiro atoms. The first kappa shape index (κ1) is 16.4. The van der Waals surface area contributed by atoms with Crippen molar-refractivity contribution in [1.82, 2.24) is 5.43 Å². The van der Waals surface area contributed by atoms with Crippen LogP contribution in [0.15, 0.2) is 52.6 Å². The number of rotatable bonds is 4. The molecular formula is C17H15F2N3OS. The van der Waals surface area contributed by atoms with Crippen molar-refractivity contribution in [3.05, 3.63) is 65.2 Å². The zero-order valence-electron chi connectivity index (χ0n) is 12.9. The highest BCUT2D eigenvalue weighted by Gasteiger charge is 2.14. The number of nitrogens with zero attached hydrogens (tertiary/aromatic N) is 2. The number of hydrogen-bond acceptors (Lipinski definition) is 4. The van der Waals surface area contributed by atoms with Crippen LogP contribution in [-0.4, -0.2) is 23.7 Å². The zero-order valence-corrected chi connectivity index (χ0v) is 13.7. The molecule has 0 aromatic heterocycles. The Morgan fingerprint density at radius 2 is 2.00 bits per heavy atom. The lowest BCUT2D eigenvalue weighted by molar-refractivity contribution is 0.386. The van der Waals surface area contributed by atoms with Crippen LogP contribution in [0.5, 0.6) is 5.75 Å². The molecule has 1 N–H and O–H groups in total. The Morgan fingerprint density at radius 1 is 1.21 bits per heavy atom. The Balaban J connectivity index is 1.66. The first-order valence-electron chi connectivity index (χ1n) is 7.24. The Kier molecular flexibility index (Phi) is 5.10. The monoisotopic (exact) mass is 347 g/mol. The van der Waals surface area contributed by atoms with Crippen molar-refractivity contribution in [2.24, 2.45) is 10.1 Å². The van der Waals surface area contributed by atoms with Crippen LogP contribution in [0.4, 0.5) is 8.78 Å². The molecule has 124 valence electrons. The SMILES string of the molecule is COc1ccc(C2=NNC(=NCc3ccc(F)cc3)SC2)cc1F. The van der Waals surface area contributed by atoms with E-state index < -0.39 is 5.82 Å². The van der Waals surface area contributed by atoms with E-state index >= 15 is 0 Å². The van der Waals surface area contributed by atoms with Crippen molar-refractivity contribution < 1.29 is 13.5 Å². The smallest absolute Gasteiger partial charge is 0.177 e. The van der Waals surface area contributed by atoms with E-state index in [1.165, 1.54) is 37.1 Å². The largest absolute Gasteiger partial charge is 0.494 e. The van der Waals surface area contributed by atoms with Gasteiger partial charge in [0.2, 0.25) is 0 Å². The summed E-state index contributed by atoms with van der Waals surface area (Å²) in [7, 11) is 1.43. The number of halogens is 2. The minimum absolute atomic E-state index is 0.206. The first-order valence-corrected chi connectivity index (χ1v) is 8.22. The highest BCUT2D eigenvalue weighted by atomic mass is 32.2. The standard InChI is InChI=1S/C17H15F2N3OS/c1-23-16-7-4-12(8-14(16)19)15-10-24-17(22-21-15)20-9-11-2-5-13(18)6-3-11/h2-8H,9-10H2,1H3,(H,20,22). The van der Waals surface area contributed by atoms with E-state index in [-0.39, 0.29) is 11.6 Å². The molecule has 0 aliphatic carbocycles. The maximum Gasteiger partial charge on any atom is 0.177 e. The maximum absolute atomic E-state index is 13.8. The number of ether oxygens (including phenoxy) is 1. The van der Waals surface area contributed by atoms with E-state index in [2.05, 4.69) is 15.5 Å². The summed E-state index contributed by atoms with van der Waals surface area (Å²) in [5, 5.41) is 4.93. The molecule has 0 fully saturated rings. The van der Waals surface area contributed by atoms with Crippen LogP contribution in [0.25, 0.3) is 0 Å². The average molecular weight is 347 g/mol. The fourth-order valence-electron chi connectivity index (χ4n) is 2.14. The molecule has 0 amide bonds. The average Bonchev–Trinajstić information content (AvgIpc) is 2.61. The van der Waals surface area contributed by atoms with Crippen molar-refractivity contribution in [3.63, 3.8) is 0 Å². The summed E-state index contributed by atoms with van der Waals surface area (Å²) in [6, 6.07) is 11.0. The molecule has 1 aliphatic heterocycles. The summed E-state index contributed by atoms with van der Waals surface area (Å²) in [6.07, 6.45) is 0. The van der Waals surface area contributed by atoms with Crippen molar-refractivity contribution in [2.45, 2.75) is 6.54 Å². The third-order valence-corrected chi connectivity index (χ3v) is 4.35. The number of hydrogen-bond donors (Lipinski definition) is 1. The number of methoxy groups -OCH3 is 1. The molecule has 2 aromatic carbocycles. The van der Waals surface area contributed by atoms with Crippen molar-refractivity contribution >= 4 is 22.6 Å². The van der Waals surface area contributed by atoms with E-state index in [9.17, 15) is 8.78 Å². The van der Waals surface area contributed by atoms with Gasteiger partial charge in [0.15, 0.2) is 16.7 Å². The molecule has 4 nitrogen and oxygen atoms in total. The summed E-state index contributed by atoms with van der Waals surface area (Å²) >= 11 is 1.48. The number of amidine groups is 1. The molecule has 0 unspecified atom stereocenters. The van der Waals surface area contributed by atoms with E-state index in [0.29, 0.717) is 23.0 Å². The first-order chi connectivity index (χ1) is 11.7. The van der Waals surface area contributed by atoms with Gasteiger partial charge >= 0.3 is 0 Å². The predicted octanol–water partition coefficient (Wildman–Crippen LogP) is 3.57. The van der Waals surface area contributed by atoms with Gasteiger partial charge in [0.1, 0.15) is 5.82 Å². The third-order valence-electron chi connectivity index (χ3n) is 3.44. The van der Waals surface area contributed by atoms with Crippen molar-refractivity contribution in [2.75, 3.05) is 12.9 Å². The third kappa shape index (κ3) is 3.91. The molecule has 1 heterocycles. The van der Waals surface area contributed by atoms with Crippen LogP contribution in [-0.2, 0) is 6.54 Å². The van der Waals surface area contributed by atoms with Crippen LogP contribution < -0.4 is 10.2 Å². The fraction of sp³-hybridized carbons (Fsp3) is 0.176. The Morgan fingerprint density at radius 3 is 2.62 bits per heavy atom. The van der Waals surface area contributed by atoms with Gasteiger partial charge in [0.25, 0.3) is 0 Å². The second kappa shape index (κ2) is 7.44. The van der Waals surface area contributed by atoms with E-state index in [1.807, 2.05) is 0 Å². The van der Waals surface area contributed by atoms with Gasteiger partial charge in [-0.1, -0.05) is 23.9 Å². The van der Waals surface area contributed by atoms with Crippen molar-refractivity contribution in [3.8, 4) is 5.75 Å². The predicted molar refractivity (Wildman–Crippen MR) is 92.6 cm³/mol. The minimum atomic E-state index is -0.418. The zero-order chi connectivity index (χ0) is 16.9. The Hall–Kier alpha value is -2.41. The summed E-state index contributed by atoms with van der Waals surface area (Å²) in [6.45, 7) is 0.442. The van der Waals surface area contributed by atoms with Gasteiger partial charge in [-0.3, -0.25) is 10.4 Å². The molecule has 7 heteroatoms. The topological polar surface area (TPSA) is 46.0 Å². The lowest BCUT2D eigenvalue weighted by Gasteiger charge is -2.15. The minimum Gasteiger partial charge on any atom is -0.494 e. The maximum atomic E-state index is 13.8. The normalized spacial score (nSPS) is 15.8. The number of aliphatic imine (C=N–C) groups is 1. The Bertz CT molecular complexity index is 791. The van der Waals surface area contributed by atoms with Crippen LogP contribution >= 0.6 is 11.8 Å². The molecular weight excluding hydrogens is 332 g/mol. The van der Waals surface area contributed by atoms with Gasteiger partial charge in [0, 0.05) is 11.3 Å². The number of thioether (sulfide) groups is 1. The molecule has 2 aromatic rings. The van der Waals surface area contributed by atoms with Gasteiger partial charge in [-0.05, 0) is 35.9 Å². The molecule has 0 radical (unpaired) electrons. The highest BCUT2D eigenvalue weighted by Crippen LogP contribution is 2.20. The van der Waals surface area contributed by atoms with Crippen molar-refractivity contribution in [1.29, 1.82) is 0 Å². The van der Waals surface area contributed by atoms with Gasteiger partial charge in [0.05, 0.1) is 19.4 Å². The molecule has 3 rings (SSSR count). The van der Waals surface area contributed by atoms with Gasteiger partial charge in [-0.2, -0.15) is 5.10 Å². The van der Waals surface area contributed by atoms with Crippen LogP contribution in [0.3, 0.4) is 0 Å². The summed E-state index contributed by atoms with van der Waals surface area (Å²) < 4.78 is 31.5. The molecule has 1 aliphatic rings. The van der Waals surface area contributed by atoms with E-state index in [0.717, 1.165) is 11.3 Å². The highest BCUT2D eigenvalue weighted by molar-refractivity contribution is 8.14. The van der Waals surface area contributed by atoms with E-state index in [1.54, 1.807) is 24.3 Å². The number of benzene rings is 2. The van der Waals surface area contributed by atoms with E-state index in [4.69, 9.17) is 4.74 Å².